The van der Waals surface area contributed by atoms with Crippen molar-refractivity contribution in [3.8, 4) is 5.75 Å². The predicted molar refractivity (Wildman–Crippen MR) is 124 cm³/mol. The van der Waals surface area contributed by atoms with Gasteiger partial charge < -0.3 is 14.5 Å². The summed E-state index contributed by atoms with van der Waals surface area (Å²) in [5, 5.41) is 0. The Labute approximate surface area is 194 Å². The molecule has 3 heterocycles. The van der Waals surface area contributed by atoms with Crippen LogP contribution in [-0.4, -0.2) is 65.4 Å². The van der Waals surface area contributed by atoms with E-state index in [1.54, 1.807) is 23.2 Å². The average Bonchev–Trinajstić information content (AvgIpc) is 2.79. The number of piperazine rings is 1. The second kappa shape index (κ2) is 9.60. The minimum Gasteiger partial charge on any atom is -0.410 e. The Balaban J connectivity index is 1.25. The summed E-state index contributed by atoms with van der Waals surface area (Å²) >= 11 is 0. The van der Waals surface area contributed by atoms with E-state index in [0.29, 0.717) is 57.7 Å². The van der Waals surface area contributed by atoms with Crippen molar-refractivity contribution in [3.63, 3.8) is 0 Å². The Hall–Kier alpha value is -3.42. The lowest BCUT2D eigenvalue weighted by molar-refractivity contribution is -0.152. The molecule has 0 atom stereocenters. The van der Waals surface area contributed by atoms with Crippen LogP contribution in [0.4, 0.5) is 10.6 Å². The van der Waals surface area contributed by atoms with Gasteiger partial charge in [0.1, 0.15) is 11.6 Å². The number of likely N-dealkylation sites (tertiary alicyclic amines) is 1. The molecule has 0 N–H and O–H groups in total. The van der Waals surface area contributed by atoms with Gasteiger partial charge in [-0.05, 0) is 41.7 Å². The molecule has 0 bridgehead atoms. The molecule has 1 aromatic heterocycles. The van der Waals surface area contributed by atoms with Crippen LogP contribution in [0.25, 0.3) is 0 Å². The van der Waals surface area contributed by atoms with E-state index in [2.05, 4.69) is 9.88 Å². The number of carbonyl (C=O) groups is 3. The molecule has 2 aliphatic heterocycles. The number of ether oxygens (including phenoxy) is 1. The van der Waals surface area contributed by atoms with Crippen molar-refractivity contribution in [2.75, 3.05) is 37.6 Å². The molecule has 3 amide bonds. The average molecular weight is 451 g/mol. The van der Waals surface area contributed by atoms with Crippen molar-refractivity contribution in [1.82, 2.24) is 14.8 Å². The molecule has 0 unspecified atom stereocenters. The molecule has 0 saturated carbocycles. The number of aromatic nitrogens is 1. The van der Waals surface area contributed by atoms with Crippen LogP contribution in [0.1, 0.15) is 32.3 Å². The fraction of sp³-hybridized carbons (Fsp3) is 0.440. The Kier molecular flexibility index (Phi) is 6.62. The Bertz CT molecular complexity index is 979. The first kappa shape index (κ1) is 22.8. The van der Waals surface area contributed by atoms with E-state index < -0.39 is 0 Å². The highest BCUT2D eigenvalue weighted by Crippen LogP contribution is 2.31. The number of piperidine rings is 1. The molecule has 2 fully saturated rings. The number of imide groups is 1. The van der Waals surface area contributed by atoms with Gasteiger partial charge in [-0.1, -0.05) is 32.0 Å². The van der Waals surface area contributed by atoms with E-state index >= 15 is 0 Å². The Morgan fingerprint density at radius 1 is 0.970 bits per heavy atom. The molecular weight excluding hydrogens is 420 g/mol. The normalized spacial score (nSPS) is 18.4. The molecule has 0 radical (unpaired) electrons. The van der Waals surface area contributed by atoms with Crippen molar-refractivity contribution in [1.29, 1.82) is 0 Å². The third-order valence-corrected chi connectivity index (χ3v) is 6.13. The molecule has 33 heavy (non-hydrogen) atoms. The van der Waals surface area contributed by atoms with Crippen LogP contribution in [0.15, 0.2) is 48.7 Å². The SMILES string of the molecule is CC1(C)CC(=O)N(CCc2ccc(OC(=O)N3CCN(c4ccccn4)CC3)cc2)C(=O)C1. The summed E-state index contributed by atoms with van der Waals surface area (Å²) in [5.74, 6) is 1.18. The second-order valence-corrected chi connectivity index (χ2v) is 9.38. The fourth-order valence-corrected chi connectivity index (χ4v) is 4.25. The summed E-state index contributed by atoms with van der Waals surface area (Å²) in [6, 6.07) is 13.0. The van der Waals surface area contributed by atoms with Crippen LogP contribution in [-0.2, 0) is 16.0 Å². The van der Waals surface area contributed by atoms with Crippen LogP contribution in [0.5, 0.6) is 5.75 Å². The van der Waals surface area contributed by atoms with Gasteiger partial charge in [0.25, 0.3) is 0 Å². The van der Waals surface area contributed by atoms with Crippen molar-refractivity contribution in [2.45, 2.75) is 33.1 Å². The van der Waals surface area contributed by atoms with E-state index in [1.807, 2.05) is 44.2 Å². The zero-order valence-electron chi connectivity index (χ0n) is 19.2. The first-order valence-corrected chi connectivity index (χ1v) is 11.4. The summed E-state index contributed by atoms with van der Waals surface area (Å²) in [6.45, 7) is 6.81. The number of anilines is 1. The third-order valence-electron chi connectivity index (χ3n) is 6.13. The maximum Gasteiger partial charge on any atom is 0.415 e. The minimum atomic E-state index is -0.365. The number of rotatable bonds is 5. The highest BCUT2D eigenvalue weighted by molar-refractivity contribution is 5.98. The molecule has 174 valence electrons. The maximum absolute atomic E-state index is 12.5. The van der Waals surface area contributed by atoms with Crippen molar-refractivity contribution < 1.29 is 19.1 Å². The van der Waals surface area contributed by atoms with Gasteiger partial charge in [-0.3, -0.25) is 14.5 Å². The van der Waals surface area contributed by atoms with Crippen LogP contribution in [0, 0.1) is 5.41 Å². The van der Waals surface area contributed by atoms with E-state index in [0.717, 1.165) is 11.4 Å². The second-order valence-electron chi connectivity index (χ2n) is 9.38. The van der Waals surface area contributed by atoms with Crippen molar-refractivity contribution >= 4 is 23.7 Å². The number of hydrogen-bond donors (Lipinski definition) is 0. The lowest BCUT2D eigenvalue weighted by atomic mass is 9.81. The standard InChI is InChI=1S/C25H30N4O4/c1-25(2)17-22(30)29(23(31)18-25)12-10-19-6-8-20(9-7-19)33-24(32)28-15-13-27(14-16-28)21-5-3-4-11-26-21/h3-9,11H,10,12-18H2,1-2H3. The highest BCUT2D eigenvalue weighted by atomic mass is 16.6. The monoisotopic (exact) mass is 450 g/mol. The first-order valence-electron chi connectivity index (χ1n) is 11.4. The van der Waals surface area contributed by atoms with E-state index in [4.69, 9.17) is 4.74 Å². The van der Waals surface area contributed by atoms with Crippen LogP contribution >= 0.6 is 0 Å². The van der Waals surface area contributed by atoms with Gasteiger partial charge >= 0.3 is 6.09 Å². The molecule has 1 aromatic carbocycles. The van der Waals surface area contributed by atoms with E-state index in [1.165, 1.54) is 4.90 Å². The summed E-state index contributed by atoms with van der Waals surface area (Å²) in [4.78, 5) is 46.7. The Morgan fingerprint density at radius 3 is 2.24 bits per heavy atom. The maximum atomic E-state index is 12.5. The smallest absolute Gasteiger partial charge is 0.410 e. The molecule has 2 aliphatic rings. The predicted octanol–water partition coefficient (Wildman–Crippen LogP) is 3.12. The van der Waals surface area contributed by atoms with Gasteiger partial charge in [0.2, 0.25) is 11.8 Å². The van der Waals surface area contributed by atoms with Gasteiger partial charge in [0.15, 0.2) is 0 Å². The quantitative estimate of drug-likeness (QED) is 0.651. The van der Waals surface area contributed by atoms with Gasteiger partial charge in [0, 0.05) is 51.8 Å². The summed E-state index contributed by atoms with van der Waals surface area (Å²) in [6.07, 6.45) is 2.76. The Morgan fingerprint density at radius 2 is 1.64 bits per heavy atom. The molecular formula is C25H30N4O4. The van der Waals surface area contributed by atoms with Gasteiger partial charge in [0.05, 0.1) is 0 Å². The minimum absolute atomic E-state index is 0.107. The summed E-state index contributed by atoms with van der Waals surface area (Å²) in [5.41, 5.74) is 0.713. The molecule has 2 saturated heterocycles. The van der Waals surface area contributed by atoms with Crippen LogP contribution in [0.2, 0.25) is 0 Å². The zero-order chi connectivity index (χ0) is 23.4. The number of nitrogens with zero attached hydrogens (tertiary/aromatic N) is 4. The molecule has 8 heteroatoms. The molecule has 8 nitrogen and oxygen atoms in total. The molecule has 4 rings (SSSR count). The van der Waals surface area contributed by atoms with Gasteiger partial charge in [-0.15, -0.1) is 0 Å². The third kappa shape index (κ3) is 5.69. The molecule has 2 aromatic rings. The van der Waals surface area contributed by atoms with Crippen LogP contribution < -0.4 is 9.64 Å². The van der Waals surface area contributed by atoms with Gasteiger partial charge in [-0.25, -0.2) is 9.78 Å². The summed E-state index contributed by atoms with van der Waals surface area (Å²) < 4.78 is 5.54. The fourth-order valence-electron chi connectivity index (χ4n) is 4.25. The van der Waals surface area contributed by atoms with E-state index in [9.17, 15) is 14.4 Å². The zero-order valence-corrected chi connectivity index (χ0v) is 19.2. The lowest BCUT2D eigenvalue weighted by Crippen LogP contribution is -2.49. The molecule has 0 spiro atoms. The summed E-state index contributed by atoms with van der Waals surface area (Å²) in [7, 11) is 0. The van der Waals surface area contributed by atoms with Crippen LogP contribution in [0.3, 0.4) is 0 Å². The van der Waals surface area contributed by atoms with Crippen molar-refractivity contribution in [2.24, 2.45) is 5.41 Å². The number of benzene rings is 1. The molecule has 0 aliphatic carbocycles. The first-order chi connectivity index (χ1) is 15.8. The van der Waals surface area contributed by atoms with Crippen molar-refractivity contribution in [3.05, 3.63) is 54.2 Å². The lowest BCUT2D eigenvalue weighted by Gasteiger charge is -2.34. The van der Waals surface area contributed by atoms with E-state index in [-0.39, 0.29) is 23.3 Å². The number of hydrogen-bond acceptors (Lipinski definition) is 6. The topological polar surface area (TPSA) is 83.1 Å². The largest absolute Gasteiger partial charge is 0.415 e. The van der Waals surface area contributed by atoms with Gasteiger partial charge in [-0.2, -0.15) is 0 Å². The number of carbonyl (C=O) groups excluding carboxylic acids is 3. The number of amides is 3. The highest BCUT2D eigenvalue weighted by Gasteiger charge is 2.37. The number of pyridine rings is 1.